The fourth-order valence-electron chi connectivity index (χ4n) is 2.67. The number of rotatable bonds is 3. The summed E-state index contributed by atoms with van der Waals surface area (Å²) < 4.78 is 0. The average molecular weight is 270 g/mol. The van der Waals surface area contributed by atoms with Gasteiger partial charge in [0.1, 0.15) is 5.82 Å². The summed E-state index contributed by atoms with van der Waals surface area (Å²) in [6.07, 6.45) is 3.44. The van der Waals surface area contributed by atoms with Crippen molar-refractivity contribution in [1.29, 1.82) is 0 Å². The maximum atomic E-state index is 11.4. The molecule has 3 rings (SSSR count). The number of carbonyl (C=O) groups excluding carboxylic acids is 1. The van der Waals surface area contributed by atoms with Crippen molar-refractivity contribution in [2.24, 2.45) is 5.92 Å². The van der Waals surface area contributed by atoms with Crippen LogP contribution in [0.15, 0.2) is 30.5 Å². The minimum Gasteiger partial charge on any atom is -0.359 e. The summed E-state index contributed by atoms with van der Waals surface area (Å²) in [7, 11) is 1.68. The zero-order valence-corrected chi connectivity index (χ0v) is 11.5. The van der Waals surface area contributed by atoms with E-state index in [-0.39, 0.29) is 5.91 Å². The smallest absolute Gasteiger partial charge is 0.220 e. The molecule has 1 amide bonds. The summed E-state index contributed by atoms with van der Waals surface area (Å²) in [6.45, 7) is 1.81. The Bertz CT molecular complexity index is 628. The number of hydrogen-bond donors (Lipinski definition) is 1. The van der Waals surface area contributed by atoms with E-state index in [1.54, 1.807) is 7.05 Å². The largest absolute Gasteiger partial charge is 0.359 e. The van der Waals surface area contributed by atoms with Gasteiger partial charge in [-0.15, -0.1) is 0 Å². The van der Waals surface area contributed by atoms with Crippen LogP contribution in [0.2, 0.25) is 0 Å². The molecule has 5 nitrogen and oxygen atoms in total. The van der Waals surface area contributed by atoms with E-state index in [9.17, 15) is 4.79 Å². The van der Waals surface area contributed by atoms with E-state index >= 15 is 0 Å². The van der Waals surface area contributed by atoms with Gasteiger partial charge in [0.05, 0.1) is 17.2 Å². The molecule has 1 aromatic carbocycles. The molecule has 5 heteroatoms. The molecular formula is C15H18N4O. The van der Waals surface area contributed by atoms with Crippen molar-refractivity contribution in [1.82, 2.24) is 15.3 Å². The first kappa shape index (κ1) is 12.8. The number of carbonyl (C=O) groups is 1. The van der Waals surface area contributed by atoms with E-state index in [4.69, 9.17) is 0 Å². The number of benzene rings is 1. The van der Waals surface area contributed by atoms with Gasteiger partial charge in [-0.25, -0.2) is 4.98 Å². The lowest BCUT2D eigenvalue weighted by Crippen LogP contribution is -2.24. The van der Waals surface area contributed by atoms with Crippen LogP contribution in [0.3, 0.4) is 0 Å². The molecule has 2 aromatic rings. The predicted molar refractivity (Wildman–Crippen MR) is 78.5 cm³/mol. The third kappa shape index (κ3) is 2.57. The summed E-state index contributed by atoms with van der Waals surface area (Å²) in [5, 5.41) is 2.69. The molecule has 1 unspecified atom stereocenters. The number of anilines is 1. The molecule has 104 valence electrons. The first-order valence-corrected chi connectivity index (χ1v) is 6.93. The van der Waals surface area contributed by atoms with E-state index in [0.717, 1.165) is 36.4 Å². The Morgan fingerprint density at radius 3 is 3.00 bits per heavy atom. The lowest BCUT2D eigenvalue weighted by Gasteiger charge is -2.17. The van der Waals surface area contributed by atoms with Gasteiger partial charge in [-0.05, 0) is 24.5 Å². The molecule has 0 radical (unpaired) electrons. The van der Waals surface area contributed by atoms with E-state index in [1.165, 1.54) is 0 Å². The van der Waals surface area contributed by atoms with Crippen molar-refractivity contribution >= 4 is 22.8 Å². The van der Waals surface area contributed by atoms with E-state index in [2.05, 4.69) is 20.2 Å². The summed E-state index contributed by atoms with van der Waals surface area (Å²) >= 11 is 0. The van der Waals surface area contributed by atoms with Crippen LogP contribution in [0, 0.1) is 5.92 Å². The number of aromatic nitrogens is 2. The highest BCUT2D eigenvalue weighted by atomic mass is 16.1. The molecule has 1 aliphatic heterocycles. The SMILES string of the molecule is CNC(=O)CC1CCN(c2cnc3ccccc3n2)C1. The molecule has 20 heavy (non-hydrogen) atoms. The van der Waals surface area contributed by atoms with Crippen LogP contribution in [0.5, 0.6) is 0 Å². The lowest BCUT2D eigenvalue weighted by atomic mass is 10.1. The highest BCUT2D eigenvalue weighted by Gasteiger charge is 2.25. The third-order valence-electron chi connectivity index (χ3n) is 3.80. The second kappa shape index (κ2) is 5.45. The zero-order chi connectivity index (χ0) is 13.9. The van der Waals surface area contributed by atoms with Crippen LogP contribution in [0.1, 0.15) is 12.8 Å². The van der Waals surface area contributed by atoms with Crippen LogP contribution in [0.25, 0.3) is 11.0 Å². The molecule has 0 saturated carbocycles. The number of amides is 1. The maximum absolute atomic E-state index is 11.4. The van der Waals surface area contributed by atoms with Crippen molar-refractivity contribution in [3.8, 4) is 0 Å². The molecule has 0 aliphatic carbocycles. The fourth-order valence-corrected chi connectivity index (χ4v) is 2.67. The van der Waals surface area contributed by atoms with Gasteiger partial charge in [-0.1, -0.05) is 12.1 Å². The van der Waals surface area contributed by atoms with Crippen molar-refractivity contribution < 1.29 is 4.79 Å². The monoisotopic (exact) mass is 270 g/mol. The van der Waals surface area contributed by atoms with Gasteiger partial charge >= 0.3 is 0 Å². The highest BCUT2D eigenvalue weighted by molar-refractivity contribution is 5.76. The molecule has 1 aliphatic rings. The Morgan fingerprint density at radius 1 is 1.40 bits per heavy atom. The second-order valence-electron chi connectivity index (χ2n) is 5.19. The first-order chi connectivity index (χ1) is 9.76. The van der Waals surface area contributed by atoms with Gasteiger partial charge in [0, 0.05) is 26.6 Å². The fraction of sp³-hybridized carbons (Fsp3) is 0.400. The molecule has 2 heterocycles. The Morgan fingerprint density at radius 2 is 2.20 bits per heavy atom. The average Bonchev–Trinajstić information content (AvgIpc) is 2.95. The van der Waals surface area contributed by atoms with Gasteiger partial charge in [-0.3, -0.25) is 9.78 Å². The van der Waals surface area contributed by atoms with Gasteiger partial charge in [-0.2, -0.15) is 0 Å². The summed E-state index contributed by atoms with van der Waals surface area (Å²) in [5.41, 5.74) is 1.83. The van der Waals surface area contributed by atoms with Crippen LogP contribution in [0.4, 0.5) is 5.82 Å². The summed E-state index contributed by atoms with van der Waals surface area (Å²) in [4.78, 5) is 22.7. The zero-order valence-electron chi connectivity index (χ0n) is 11.5. The van der Waals surface area contributed by atoms with Gasteiger partial charge in [0.2, 0.25) is 5.91 Å². The Balaban J connectivity index is 1.74. The molecule has 1 N–H and O–H groups in total. The number of nitrogens with one attached hydrogen (secondary N) is 1. The van der Waals surface area contributed by atoms with Crippen LogP contribution < -0.4 is 10.2 Å². The molecular weight excluding hydrogens is 252 g/mol. The number of hydrogen-bond acceptors (Lipinski definition) is 4. The highest BCUT2D eigenvalue weighted by Crippen LogP contribution is 2.25. The summed E-state index contributed by atoms with van der Waals surface area (Å²) in [5.74, 6) is 1.42. The predicted octanol–water partition coefficient (Wildman–Crippen LogP) is 1.59. The van der Waals surface area contributed by atoms with Gasteiger partial charge in [0.15, 0.2) is 0 Å². The number of fused-ring (bicyclic) bond motifs is 1. The minimum absolute atomic E-state index is 0.112. The summed E-state index contributed by atoms with van der Waals surface area (Å²) in [6, 6.07) is 7.87. The molecule has 1 aromatic heterocycles. The van der Waals surface area contributed by atoms with Crippen molar-refractivity contribution in [3.63, 3.8) is 0 Å². The van der Waals surface area contributed by atoms with Crippen LogP contribution in [-0.4, -0.2) is 36.0 Å². The van der Waals surface area contributed by atoms with Crippen molar-refractivity contribution in [2.45, 2.75) is 12.8 Å². The van der Waals surface area contributed by atoms with Crippen LogP contribution >= 0.6 is 0 Å². The Kier molecular flexibility index (Phi) is 3.50. The van der Waals surface area contributed by atoms with E-state index in [0.29, 0.717) is 12.3 Å². The maximum Gasteiger partial charge on any atom is 0.220 e. The molecule has 1 atom stereocenters. The Labute approximate surface area is 118 Å². The normalized spacial score (nSPS) is 18.4. The minimum atomic E-state index is 0.112. The topological polar surface area (TPSA) is 58.1 Å². The molecule has 0 bridgehead atoms. The standard InChI is InChI=1S/C15H18N4O/c1-16-15(20)8-11-6-7-19(10-11)14-9-17-12-4-2-3-5-13(12)18-14/h2-5,9,11H,6-8,10H2,1H3,(H,16,20). The van der Waals surface area contributed by atoms with E-state index in [1.807, 2.05) is 30.5 Å². The van der Waals surface area contributed by atoms with E-state index < -0.39 is 0 Å². The first-order valence-electron chi connectivity index (χ1n) is 6.93. The second-order valence-corrected chi connectivity index (χ2v) is 5.19. The quantitative estimate of drug-likeness (QED) is 0.920. The molecule has 1 saturated heterocycles. The van der Waals surface area contributed by atoms with Gasteiger partial charge in [0.25, 0.3) is 0 Å². The lowest BCUT2D eigenvalue weighted by molar-refractivity contribution is -0.121. The number of para-hydroxylation sites is 2. The van der Waals surface area contributed by atoms with Gasteiger partial charge < -0.3 is 10.2 Å². The van der Waals surface area contributed by atoms with Crippen LogP contribution in [-0.2, 0) is 4.79 Å². The van der Waals surface area contributed by atoms with Crippen molar-refractivity contribution in [2.75, 3.05) is 25.0 Å². The van der Waals surface area contributed by atoms with Crippen molar-refractivity contribution in [3.05, 3.63) is 30.5 Å². The molecule has 1 fully saturated rings. The Hall–Kier alpha value is -2.17. The third-order valence-corrected chi connectivity index (χ3v) is 3.80. The molecule has 0 spiro atoms. The number of nitrogens with zero attached hydrogens (tertiary/aromatic N) is 3.